The Morgan fingerprint density at radius 2 is 1.57 bits per heavy atom. The highest BCUT2D eigenvalue weighted by Crippen LogP contribution is 2.63. The van der Waals surface area contributed by atoms with Crippen LogP contribution in [0.2, 0.25) is 5.02 Å². The molecule has 0 spiro atoms. The van der Waals surface area contributed by atoms with Crippen LogP contribution in [0, 0.1) is 0 Å². The van der Waals surface area contributed by atoms with Gasteiger partial charge in [0.1, 0.15) is 11.2 Å². The molecule has 0 saturated carbocycles. The van der Waals surface area contributed by atoms with Crippen molar-refractivity contribution in [1.29, 1.82) is 0 Å². The topological polar surface area (TPSA) is 123 Å². The van der Waals surface area contributed by atoms with Gasteiger partial charge in [-0.1, -0.05) is 23.7 Å². The molecule has 2 amide bonds. The molecule has 0 aromatic heterocycles. The summed E-state index contributed by atoms with van der Waals surface area (Å²) in [6, 6.07) is 7.31. The Kier molecular flexibility index (Phi) is 11.7. The van der Waals surface area contributed by atoms with Crippen LogP contribution < -0.4 is 0 Å². The van der Waals surface area contributed by atoms with Crippen molar-refractivity contribution >= 4 is 37.1 Å². The number of aliphatic carboxylic acids is 1. The smallest absolute Gasteiger partial charge is 0.419 e. The highest BCUT2D eigenvalue weighted by atomic mass is 35.5. The van der Waals surface area contributed by atoms with E-state index in [1.807, 2.05) is 17.0 Å². The third-order valence-electron chi connectivity index (χ3n) is 6.35. The van der Waals surface area contributed by atoms with E-state index in [-0.39, 0.29) is 45.1 Å². The molecule has 2 unspecified atom stereocenters. The van der Waals surface area contributed by atoms with Gasteiger partial charge in [-0.3, -0.25) is 14.3 Å². The molecule has 0 bridgehead atoms. The molecule has 1 aliphatic rings. The summed E-state index contributed by atoms with van der Waals surface area (Å²) >= 11 is 6.00. The Bertz CT molecular complexity index is 1060. The number of halogens is 1. The number of carboxylic acid groups (broad SMARTS) is 1. The fraction of sp³-hybridized carbons (Fsp3) is 0.679. The van der Waals surface area contributed by atoms with Crippen LogP contribution in [-0.4, -0.2) is 81.8 Å². The Morgan fingerprint density at radius 3 is 2.05 bits per heavy atom. The fourth-order valence-corrected chi connectivity index (χ4v) is 7.67. The van der Waals surface area contributed by atoms with Crippen molar-refractivity contribution in [3.63, 3.8) is 0 Å². The van der Waals surface area contributed by atoms with Gasteiger partial charge >= 0.3 is 18.2 Å². The van der Waals surface area contributed by atoms with E-state index in [0.717, 1.165) is 10.5 Å². The maximum absolute atomic E-state index is 14.0. The molecule has 1 saturated heterocycles. The molecule has 1 aromatic carbocycles. The largest absolute Gasteiger partial charge is 0.480 e. The maximum atomic E-state index is 14.0. The van der Waals surface area contributed by atoms with E-state index in [9.17, 15) is 24.1 Å². The molecule has 1 N–H and O–H groups in total. The molecule has 0 radical (unpaired) electrons. The van der Waals surface area contributed by atoms with Crippen LogP contribution in [0.3, 0.4) is 0 Å². The first-order valence-electron chi connectivity index (χ1n) is 13.6. The molecule has 1 heterocycles. The van der Waals surface area contributed by atoms with Gasteiger partial charge in [0.25, 0.3) is 0 Å². The first-order valence-corrected chi connectivity index (χ1v) is 15.8. The van der Waals surface area contributed by atoms with Crippen LogP contribution in [0.1, 0.15) is 73.3 Å². The summed E-state index contributed by atoms with van der Waals surface area (Å²) in [7, 11) is -3.58. The van der Waals surface area contributed by atoms with Gasteiger partial charge in [-0.15, -0.1) is 0 Å². The molecular formula is C28H44ClN2O8P. The predicted octanol–water partition coefficient (Wildman–Crippen LogP) is 6.64. The van der Waals surface area contributed by atoms with Crippen molar-refractivity contribution in [2.45, 2.75) is 90.6 Å². The summed E-state index contributed by atoms with van der Waals surface area (Å²) < 4.78 is 30.5. The van der Waals surface area contributed by atoms with E-state index >= 15 is 0 Å². The van der Waals surface area contributed by atoms with E-state index in [0.29, 0.717) is 18.1 Å². The van der Waals surface area contributed by atoms with E-state index < -0.39 is 41.9 Å². The number of ether oxygens (including phenoxy) is 2. The second kappa shape index (κ2) is 13.7. The molecule has 1 aliphatic heterocycles. The number of hydrogen-bond donors (Lipinski definition) is 1. The van der Waals surface area contributed by atoms with E-state index in [2.05, 4.69) is 0 Å². The lowest BCUT2D eigenvalue weighted by Crippen LogP contribution is -2.54. The Hall–Kier alpha value is -2.13. The van der Waals surface area contributed by atoms with Crippen molar-refractivity contribution in [1.82, 2.24) is 9.80 Å². The third-order valence-corrected chi connectivity index (χ3v) is 9.93. The molecule has 10 nitrogen and oxygen atoms in total. The Balaban J connectivity index is 2.22. The third kappa shape index (κ3) is 9.47. The number of carbonyl (C=O) groups is 3. The molecule has 40 heavy (non-hydrogen) atoms. The van der Waals surface area contributed by atoms with Gasteiger partial charge in [0.2, 0.25) is 7.37 Å². The van der Waals surface area contributed by atoms with E-state index in [1.54, 1.807) is 60.6 Å². The van der Waals surface area contributed by atoms with E-state index in [1.165, 1.54) is 0 Å². The highest BCUT2D eigenvalue weighted by Gasteiger charge is 2.58. The van der Waals surface area contributed by atoms with Crippen LogP contribution in [0.5, 0.6) is 0 Å². The lowest BCUT2D eigenvalue weighted by Gasteiger charge is -2.45. The molecule has 0 aliphatic carbocycles. The molecule has 1 fully saturated rings. The molecule has 12 heteroatoms. The Labute approximate surface area is 242 Å². The number of carbonyl (C=O) groups excluding carboxylic acids is 2. The predicted molar refractivity (Wildman–Crippen MR) is 154 cm³/mol. The van der Waals surface area contributed by atoms with Gasteiger partial charge in [0.15, 0.2) is 5.16 Å². The Morgan fingerprint density at radius 1 is 1.02 bits per heavy atom. The average Bonchev–Trinajstić information content (AvgIpc) is 2.80. The molecule has 1 aromatic rings. The molecule has 226 valence electrons. The van der Waals surface area contributed by atoms with Gasteiger partial charge in [-0.05, 0) is 85.4 Å². The quantitative estimate of drug-likeness (QED) is 0.232. The summed E-state index contributed by atoms with van der Waals surface area (Å²) in [6.45, 7) is 12.9. The van der Waals surface area contributed by atoms with Crippen molar-refractivity contribution in [3.05, 3.63) is 34.9 Å². The van der Waals surface area contributed by atoms with E-state index in [4.69, 9.17) is 25.6 Å². The summed E-state index contributed by atoms with van der Waals surface area (Å²) in [5, 5.41) is 9.43. The van der Waals surface area contributed by atoms with Gasteiger partial charge in [-0.2, -0.15) is 0 Å². The number of hydrogen-bond acceptors (Lipinski definition) is 8. The number of benzene rings is 1. The van der Waals surface area contributed by atoms with Gasteiger partial charge in [-0.25, -0.2) is 14.5 Å². The lowest BCUT2D eigenvalue weighted by atomic mass is 9.99. The number of nitrogens with zero attached hydrogens (tertiary/aromatic N) is 2. The normalized spacial score (nSPS) is 22.0. The van der Waals surface area contributed by atoms with Crippen molar-refractivity contribution in [2.75, 3.05) is 32.4 Å². The van der Waals surface area contributed by atoms with Gasteiger partial charge < -0.3 is 19.1 Å². The minimum atomic E-state index is -3.58. The second-order valence-corrected chi connectivity index (χ2v) is 15.4. The summed E-state index contributed by atoms with van der Waals surface area (Å²) in [5.74, 6) is -1.18. The molecule has 2 rings (SSSR count). The minimum Gasteiger partial charge on any atom is -0.480 e. The summed E-state index contributed by atoms with van der Waals surface area (Å²) in [6.07, 6.45) is -0.990. The average molecular weight is 603 g/mol. The van der Waals surface area contributed by atoms with Crippen molar-refractivity contribution in [2.24, 2.45) is 0 Å². The first kappa shape index (κ1) is 34.1. The van der Waals surface area contributed by atoms with Gasteiger partial charge in [0.05, 0.1) is 6.61 Å². The zero-order valence-corrected chi connectivity index (χ0v) is 26.3. The molecular weight excluding hydrogens is 559 g/mol. The standard InChI is InChI=1S/C28H44ClN2O8P/c1-8-37-40(36)18-17-30(19-21-11-13-22(29)14-12-21)20-28(40,23(32)33)15-9-10-16-31(24(34)38-26(2,3)4)25(35)39-27(5,6)7/h11-14H,8-10,15-20H2,1-7H3,(H,32,33). The highest BCUT2D eigenvalue weighted by molar-refractivity contribution is 7.62. The van der Waals surface area contributed by atoms with Crippen LogP contribution in [0.25, 0.3) is 0 Å². The number of imide groups is 1. The lowest BCUT2D eigenvalue weighted by molar-refractivity contribution is -0.141. The zero-order valence-electron chi connectivity index (χ0n) is 24.7. The van der Waals surface area contributed by atoms with Crippen LogP contribution in [0.15, 0.2) is 24.3 Å². The summed E-state index contributed by atoms with van der Waals surface area (Å²) in [5.41, 5.74) is -0.697. The minimum absolute atomic E-state index is 0.0457. The van der Waals surface area contributed by atoms with Crippen molar-refractivity contribution < 1.29 is 38.1 Å². The number of carboxylic acids is 1. The fourth-order valence-electron chi connectivity index (χ4n) is 4.57. The van der Waals surface area contributed by atoms with Crippen LogP contribution >= 0.6 is 19.0 Å². The first-order chi connectivity index (χ1) is 18.4. The van der Waals surface area contributed by atoms with Crippen molar-refractivity contribution in [3.8, 4) is 0 Å². The number of unbranched alkanes of at least 4 members (excludes halogenated alkanes) is 1. The SMILES string of the molecule is CCOP1(=O)CCN(Cc2ccc(Cl)cc2)CC1(CCCCN(C(=O)OC(C)(C)C)C(=O)OC(C)(C)C)C(=O)O. The summed E-state index contributed by atoms with van der Waals surface area (Å²) in [4.78, 5) is 41.3. The molecule has 2 atom stereocenters. The number of amides is 2. The monoisotopic (exact) mass is 602 g/mol. The van der Waals surface area contributed by atoms with Crippen LogP contribution in [-0.2, 0) is 29.9 Å². The van der Waals surface area contributed by atoms with Crippen LogP contribution in [0.4, 0.5) is 9.59 Å². The maximum Gasteiger partial charge on any atom is 0.419 e. The zero-order chi connectivity index (χ0) is 30.4. The second-order valence-electron chi connectivity index (χ2n) is 12.1. The number of rotatable bonds is 10. The van der Waals surface area contributed by atoms with Gasteiger partial charge in [0, 0.05) is 37.4 Å².